The number of aliphatic hydroxyl groups is 1. The number of carbonyl (C=O) groups is 2. The molecule has 0 spiro atoms. The second kappa shape index (κ2) is 16.8. The van der Waals surface area contributed by atoms with Crippen molar-refractivity contribution in [1.82, 2.24) is 19.9 Å². The van der Waals surface area contributed by atoms with Crippen LogP contribution in [0.25, 0.3) is 56.5 Å². The zero-order valence-corrected chi connectivity index (χ0v) is 32.0. The van der Waals surface area contributed by atoms with Crippen molar-refractivity contribution in [1.29, 1.82) is 0 Å². The highest BCUT2D eigenvalue weighted by Crippen LogP contribution is 2.43. The Labute approximate surface area is 322 Å². The Morgan fingerprint density at radius 3 is 1.84 bits per heavy atom. The Morgan fingerprint density at radius 2 is 1.20 bits per heavy atom. The number of benzene rings is 2. The van der Waals surface area contributed by atoms with Gasteiger partial charge in [-0.3, -0.25) is 9.78 Å². The van der Waals surface area contributed by atoms with Gasteiger partial charge in [-0.25, -0.2) is 9.78 Å². The number of carbonyl (C=O) groups excluding carboxylic acids is 1. The number of carboxylic acids is 1. The Kier molecular flexibility index (Phi) is 11.5. The number of nitrogens with zero attached hydrogens (tertiary/aromatic N) is 2. The van der Waals surface area contributed by atoms with Gasteiger partial charge < -0.3 is 20.2 Å². The normalized spacial score (nSPS) is 15.1. The van der Waals surface area contributed by atoms with Crippen molar-refractivity contribution in [3.05, 3.63) is 118 Å². The monoisotopic (exact) mass is 734 g/mol. The molecule has 2 unspecified atom stereocenters. The highest BCUT2D eigenvalue weighted by Gasteiger charge is 2.32. The number of aliphatic hydroxyl groups excluding tert-OH is 1. The summed E-state index contributed by atoms with van der Waals surface area (Å²) in [4.78, 5) is 41.6. The summed E-state index contributed by atoms with van der Waals surface area (Å²) >= 11 is 0. The molecule has 282 valence electrons. The van der Waals surface area contributed by atoms with Gasteiger partial charge in [0.15, 0.2) is 0 Å². The van der Waals surface area contributed by atoms with Gasteiger partial charge in [0, 0.05) is 50.2 Å². The van der Waals surface area contributed by atoms with Crippen molar-refractivity contribution in [2.45, 2.75) is 97.0 Å². The molecule has 2 aliphatic heterocycles. The number of hydrogen-bond donors (Lipinski definition) is 4. The van der Waals surface area contributed by atoms with Crippen molar-refractivity contribution in [2.75, 3.05) is 0 Å². The van der Waals surface area contributed by atoms with Gasteiger partial charge in [-0.1, -0.05) is 95.7 Å². The van der Waals surface area contributed by atoms with Gasteiger partial charge in [0.2, 0.25) is 0 Å². The van der Waals surface area contributed by atoms with E-state index < -0.39 is 12.1 Å². The number of carboxylic acid groups (broad SMARTS) is 1. The summed E-state index contributed by atoms with van der Waals surface area (Å²) in [7, 11) is 0. The number of nitrogens with one attached hydrogen (secondary N) is 2. The Morgan fingerprint density at radius 1 is 0.655 bits per heavy atom. The fraction of sp³-hybridized carbons (Fsp3) is 0.319. The third-order valence-corrected chi connectivity index (χ3v) is 11.1. The van der Waals surface area contributed by atoms with Crippen LogP contribution in [0.4, 0.5) is 0 Å². The summed E-state index contributed by atoms with van der Waals surface area (Å²) in [5.74, 6) is -1.34. The number of aldehydes is 1. The number of H-pyrrole nitrogens is 2. The van der Waals surface area contributed by atoms with Gasteiger partial charge in [0.25, 0.3) is 0 Å². The maximum absolute atomic E-state index is 12.1. The molecule has 8 heteroatoms. The minimum absolute atomic E-state index is 0.192. The second-order valence-electron chi connectivity index (χ2n) is 14.9. The van der Waals surface area contributed by atoms with Crippen LogP contribution in [0.1, 0.15) is 139 Å². The van der Waals surface area contributed by atoms with Gasteiger partial charge in [-0.15, -0.1) is 0 Å². The number of aromatic nitrogens is 4. The maximum atomic E-state index is 12.1. The average Bonchev–Trinajstić information content (AvgIpc) is 4.03. The number of aromatic carboxylic acids is 1. The van der Waals surface area contributed by atoms with Crippen molar-refractivity contribution >= 4 is 46.5 Å². The van der Waals surface area contributed by atoms with Gasteiger partial charge in [0.05, 0.1) is 28.3 Å². The molecular weight excluding hydrogens is 685 g/mol. The van der Waals surface area contributed by atoms with Crippen molar-refractivity contribution < 1.29 is 19.8 Å². The van der Waals surface area contributed by atoms with E-state index in [0.717, 1.165) is 137 Å². The largest absolute Gasteiger partial charge is 0.478 e. The van der Waals surface area contributed by atoms with Crippen LogP contribution < -0.4 is 0 Å². The lowest BCUT2D eigenvalue weighted by Crippen LogP contribution is -2.04. The molecule has 0 radical (unpaired) electrons. The molecule has 0 amide bonds. The topological polar surface area (TPSA) is 132 Å². The average molecular weight is 735 g/mol. The molecule has 5 heterocycles. The van der Waals surface area contributed by atoms with E-state index in [-0.39, 0.29) is 11.5 Å². The molecule has 8 nitrogen and oxygen atoms in total. The summed E-state index contributed by atoms with van der Waals surface area (Å²) in [5.41, 5.74) is 13.1. The number of hydrogen-bond acceptors (Lipinski definition) is 5. The molecule has 8 bridgehead atoms. The van der Waals surface area contributed by atoms with Crippen LogP contribution in [0.15, 0.2) is 72.8 Å². The lowest BCUT2D eigenvalue weighted by molar-refractivity contribution is 0.0696. The van der Waals surface area contributed by atoms with Gasteiger partial charge in [-0.05, 0) is 90.9 Å². The minimum Gasteiger partial charge on any atom is -0.478 e. The van der Waals surface area contributed by atoms with Crippen LogP contribution in [-0.4, -0.2) is 42.4 Å². The Balaban J connectivity index is 1.60. The zero-order chi connectivity index (χ0) is 38.5. The number of unbranched alkanes of at least 4 members (excludes halogenated alkanes) is 6. The lowest BCUT2D eigenvalue weighted by Gasteiger charge is -2.14. The fourth-order valence-electron chi connectivity index (χ4n) is 7.97. The van der Waals surface area contributed by atoms with Gasteiger partial charge in [0.1, 0.15) is 12.4 Å². The Bertz CT molecular complexity index is 2390. The molecule has 0 aliphatic carbocycles. The molecular formula is C47H50N4O4. The predicted molar refractivity (Wildman–Crippen MR) is 222 cm³/mol. The maximum Gasteiger partial charge on any atom is 0.335 e. The van der Waals surface area contributed by atoms with E-state index in [9.17, 15) is 19.8 Å². The molecule has 3 aromatic heterocycles. The number of aromatic amines is 2. The van der Waals surface area contributed by atoms with E-state index in [2.05, 4.69) is 48.1 Å². The molecule has 0 saturated heterocycles. The SMILES string of the molecule is CCCCCCc1c2nc(c(-c3ccc(C=O)cc3)c3ccc([nH]3)c(-c3ccc(C(=O)O)cc3)c3nc(c(CCCCCC)c4ccc1[nH]4)C(O)C3C)C=C2. The van der Waals surface area contributed by atoms with Crippen LogP contribution >= 0.6 is 0 Å². The molecule has 5 aromatic rings. The van der Waals surface area contributed by atoms with E-state index in [0.29, 0.717) is 11.3 Å². The molecule has 7 rings (SSSR count). The Hall–Kier alpha value is -5.60. The number of fused-ring (bicyclic) bond motifs is 8. The quantitative estimate of drug-likeness (QED) is 0.0650. The van der Waals surface area contributed by atoms with Gasteiger partial charge >= 0.3 is 5.97 Å². The molecule has 4 N–H and O–H groups in total. The molecule has 55 heavy (non-hydrogen) atoms. The second-order valence-corrected chi connectivity index (χ2v) is 14.9. The number of aryl methyl sites for hydroxylation is 2. The van der Waals surface area contributed by atoms with Crippen LogP contribution in [0.3, 0.4) is 0 Å². The van der Waals surface area contributed by atoms with E-state index in [1.54, 1.807) is 12.1 Å². The third-order valence-electron chi connectivity index (χ3n) is 11.1. The summed E-state index contributed by atoms with van der Waals surface area (Å²) in [6.07, 6.45) is 14.7. The lowest BCUT2D eigenvalue weighted by atomic mass is 9.92. The summed E-state index contributed by atoms with van der Waals surface area (Å²) in [6, 6.07) is 22.7. The fourth-order valence-corrected chi connectivity index (χ4v) is 7.97. The van der Waals surface area contributed by atoms with E-state index >= 15 is 0 Å². The van der Waals surface area contributed by atoms with E-state index in [4.69, 9.17) is 9.97 Å². The van der Waals surface area contributed by atoms with Crippen LogP contribution in [0, 0.1) is 0 Å². The van der Waals surface area contributed by atoms with Crippen molar-refractivity contribution in [2.24, 2.45) is 0 Å². The highest BCUT2D eigenvalue weighted by molar-refractivity contribution is 5.95. The third kappa shape index (κ3) is 7.82. The molecule has 0 fully saturated rings. The first-order chi connectivity index (χ1) is 26.8. The summed E-state index contributed by atoms with van der Waals surface area (Å²) in [5, 5.41) is 21.8. The molecule has 2 atom stereocenters. The zero-order valence-electron chi connectivity index (χ0n) is 32.0. The smallest absolute Gasteiger partial charge is 0.335 e. The van der Waals surface area contributed by atoms with Crippen LogP contribution in [0.2, 0.25) is 0 Å². The van der Waals surface area contributed by atoms with Crippen LogP contribution in [-0.2, 0) is 12.8 Å². The molecule has 0 saturated carbocycles. The molecule has 2 aliphatic rings. The number of rotatable bonds is 14. The summed E-state index contributed by atoms with van der Waals surface area (Å²) in [6.45, 7) is 6.45. The highest BCUT2D eigenvalue weighted by atomic mass is 16.4. The van der Waals surface area contributed by atoms with E-state index in [1.165, 1.54) is 6.42 Å². The minimum atomic E-state index is -0.996. The van der Waals surface area contributed by atoms with E-state index in [1.807, 2.05) is 55.5 Å². The van der Waals surface area contributed by atoms with Gasteiger partial charge in [-0.2, -0.15) is 0 Å². The first-order valence-corrected chi connectivity index (χ1v) is 19.8. The first-order valence-electron chi connectivity index (χ1n) is 19.8. The van der Waals surface area contributed by atoms with Crippen molar-refractivity contribution in [3.8, 4) is 22.3 Å². The predicted octanol–water partition coefficient (Wildman–Crippen LogP) is 11.4. The standard InChI is InChI=1S/C47H50N4O4/c1-4-6-8-10-12-34-36-22-23-38(48-36)35(13-11-9-7-5-2)45-46(53)29(3)44(51-45)43(32-18-20-33(21-19-32)47(54)55)41-27-26-40(50-41)42(39-25-24-37(34)49-39)31-16-14-30(28-52)15-17-31/h14-29,46,48,50,53H,4-13H2,1-3H3,(H,54,55). The first kappa shape index (κ1) is 37.7. The van der Waals surface area contributed by atoms with Crippen LogP contribution in [0.5, 0.6) is 0 Å². The summed E-state index contributed by atoms with van der Waals surface area (Å²) < 4.78 is 0. The molecule has 2 aromatic carbocycles. The van der Waals surface area contributed by atoms with Crippen molar-refractivity contribution in [3.63, 3.8) is 0 Å².